The number of nitrogens with one attached hydrogen (secondary N) is 1. The molecule has 1 aliphatic rings. The topological polar surface area (TPSA) is 54.3 Å². The number of para-hydroxylation sites is 1. The number of rotatable bonds is 4. The molecule has 0 bridgehead atoms. The molecule has 1 aliphatic heterocycles. The maximum atomic E-state index is 12.5. The SMILES string of the molecule is CC(=O)N1CCc2cc(NC(=O)C=Cc3cc(C)n(-c4ccccc4)c3C)ccc21. The number of hydrogen-bond donors (Lipinski definition) is 1. The van der Waals surface area contributed by atoms with E-state index in [0.29, 0.717) is 6.54 Å². The van der Waals surface area contributed by atoms with Gasteiger partial charge in [0, 0.05) is 48.0 Å². The maximum Gasteiger partial charge on any atom is 0.248 e. The smallest absolute Gasteiger partial charge is 0.248 e. The molecule has 30 heavy (non-hydrogen) atoms. The molecule has 1 N–H and O–H groups in total. The van der Waals surface area contributed by atoms with Crippen molar-refractivity contribution in [3.05, 3.63) is 83.2 Å². The lowest BCUT2D eigenvalue weighted by molar-refractivity contribution is -0.116. The van der Waals surface area contributed by atoms with E-state index in [1.165, 1.54) is 0 Å². The number of aromatic nitrogens is 1. The first-order valence-electron chi connectivity index (χ1n) is 10.1. The van der Waals surface area contributed by atoms with E-state index in [1.54, 1.807) is 17.9 Å². The Morgan fingerprint density at radius 1 is 1.03 bits per heavy atom. The molecule has 0 saturated heterocycles. The number of hydrogen-bond acceptors (Lipinski definition) is 2. The number of fused-ring (bicyclic) bond motifs is 1. The summed E-state index contributed by atoms with van der Waals surface area (Å²) in [6, 6.07) is 17.9. The molecule has 0 saturated carbocycles. The van der Waals surface area contributed by atoms with E-state index in [0.717, 1.165) is 46.0 Å². The molecule has 0 radical (unpaired) electrons. The van der Waals surface area contributed by atoms with Crippen molar-refractivity contribution < 1.29 is 9.59 Å². The van der Waals surface area contributed by atoms with E-state index >= 15 is 0 Å². The molecular formula is C25H25N3O2. The van der Waals surface area contributed by atoms with E-state index < -0.39 is 0 Å². The third kappa shape index (κ3) is 3.79. The molecule has 0 unspecified atom stereocenters. The fourth-order valence-electron chi connectivity index (χ4n) is 4.09. The third-order valence-electron chi connectivity index (χ3n) is 5.52. The summed E-state index contributed by atoms with van der Waals surface area (Å²) in [5, 5.41) is 2.92. The number of aryl methyl sites for hydroxylation is 1. The molecule has 5 heteroatoms. The molecule has 5 nitrogen and oxygen atoms in total. The van der Waals surface area contributed by atoms with Crippen molar-refractivity contribution in [2.45, 2.75) is 27.2 Å². The van der Waals surface area contributed by atoms with Crippen LogP contribution in [0.2, 0.25) is 0 Å². The second-order valence-electron chi connectivity index (χ2n) is 7.58. The highest BCUT2D eigenvalue weighted by Crippen LogP contribution is 2.30. The standard InChI is InChI=1S/C25H25N3O2/c1-17-15-20(18(2)28(17)23-7-5-4-6-8-23)9-12-25(30)26-22-10-11-24-21(16-22)13-14-27(24)19(3)29/h4-12,15-16H,13-14H2,1-3H3,(H,26,30). The number of amides is 2. The number of nitrogens with zero attached hydrogens (tertiary/aromatic N) is 2. The summed E-state index contributed by atoms with van der Waals surface area (Å²) in [6.07, 6.45) is 4.22. The van der Waals surface area contributed by atoms with Crippen LogP contribution in [0, 0.1) is 13.8 Å². The summed E-state index contributed by atoms with van der Waals surface area (Å²) in [5.74, 6) is -0.137. The minimum Gasteiger partial charge on any atom is -0.323 e. The Bertz CT molecular complexity index is 1140. The highest BCUT2D eigenvalue weighted by atomic mass is 16.2. The molecule has 0 fully saturated rings. The van der Waals surface area contributed by atoms with Gasteiger partial charge in [0.1, 0.15) is 0 Å². The highest BCUT2D eigenvalue weighted by molar-refractivity contribution is 6.02. The van der Waals surface area contributed by atoms with Gasteiger partial charge in [-0.05, 0) is 73.9 Å². The van der Waals surface area contributed by atoms with Gasteiger partial charge in [-0.2, -0.15) is 0 Å². The van der Waals surface area contributed by atoms with Crippen LogP contribution in [0.1, 0.15) is 29.4 Å². The third-order valence-corrected chi connectivity index (χ3v) is 5.52. The Morgan fingerprint density at radius 3 is 2.53 bits per heavy atom. The Balaban J connectivity index is 1.48. The summed E-state index contributed by atoms with van der Waals surface area (Å²) in [6.45, 7) is 6.38. The summed E-state index contributed by atoms with van der Waals surface area (Å²) >= 11 is 0. The van der Waals surface area contributed by atoms with Gasteiger partial charge < -0.3 is 14.8 Å². The number of benzene rings is 2. The second kappa shape index (κ2) is 8.03. The van der Waals surface area contributed by atoms with Crippen LogP contribution in [-0.2, 0) is 16.0 Å². The normalized spacial score (nSPS) is 13.0. The Hall–Kier alpha value is -3.60. The molecular weight excluding hydrogens is 374 g/mol. The van der Waals surface area contributed by atoms with E-state index in [-0.39, 0.29) is 11.8 Å². The second-order valence-corrected chi connectivity index (χ2v) is 7.58. The van der Waals surface area contributed by atoms with E-state index in [2.05, 4.69) is 41.9 Å². The van der Waals surface area contributed by atoms with Crippen molar-refractivity contribution in [2.75, 3.05) is 16.8 Å². The summed E-state index contributed by atoms with van der Waals surface area (Å²) in [7, 11) is 0. The minimum atomic E-state index is -0.180. The first kappa shape index (κ1) is 19.7. The van der Waals surface area contributed by atoms with Crippen LogP contribution in [-0.4, -0.2) is 22.9 Å². The van der Waals surface area contributed by atoms with Gasteiger partial charge in [-0.15, -0.1) is 0 Å². The molecule has 2 aromatic carbocycles. The summed E-state index contributed by atoms with van der Waals surface area (Å²) < 4.78 is 2.18. The quantitative estimate of drug-likeness (QED) is 0.649. The largest absolute Gasteiger partial charge is 0.323 e. The van der Waals surface area contributed by atoms with Crippen molar-refractivity contribution in [3.63, 3.8) is 0 Å². The average Bonchev–Trinajstić information content (AvgIpc) is 3.27. The van der Waals surface area contributed by atoms with Crippen LogP contribution in [0.5, 0.6) is 0 Å². The molecule has 152 valence electrons. The lowest BCUT2D eigenvalue weighted by Gasteiger charge is -2.14. The van der Waals surface area contributed by atoms with Gasteiger partial charge in [0.15, 0.2) is 0 Å². The fraction of sp³-hybridized carbons (Fsp3) is 0.200. The highest BCUT2D eigenvalue weighted by Gasteiger charge is 2.22. The lowest BCUT2D eigenvalue weighted by Crippen LogP contribution is -2.25. The Kier molecular flexibility index (Phi) is 5.27. The van der Waals surface area contributed by atoms with E-state index in [1.807, 2.05) is 42.5 Å². The van der Waals surface area contributed by atoms with Crippen molar-refractivity contribution in [2.24, 2.45) is 0 Å². The molecule has 4 rings (SSSR count). The predicted octanol–water partition coefficient (Wildman–Crippen LogP) is 4.66. The van der Waals surface area contributed by atoms with Gasteiger partial charge in [-0.3, -0.25) is 9.59 Å². The van der Waals surface area contributed by atoms with Crippen molar-refractivity contribution in [1.29, 1.82) is 0 Å². The van der Waals surface area contributed by atoms with Gasteiger partial charge in [0.2, 0.25) is 11.8 Å². The van der Waals surface area contributed by atoms with Crippen LogP contribution in [0.25, 0.3) is 11.8 Å². The molecule has 3 aromatic rings. The first-order chi connectivity index (χ1) is 14.4. The predicted molar refractivity (Wildman–Crippen MR) is 121 cm³/mol. The van der Waals surface area contributed by atoms with Crippen LogP contribution < -0.4 is 10.2 Å². The number of carbonyl (C=O) groups excluding carboxylic acids is 2. The summed E-state index contributed by atoms with van der Waals surface area (Å²) in [5.41, 5.74) is 7.08. The van der Waals surface area contributed by atoms with E-state index in [4.69, 9.17) is 0 Å². The van der Waals surface area contributed by atoms with Crippen LogP contribution in [0.4, 0.5) is 11.4 Å². The fourth-order valence-corrected chi connectivity index (χ4v) is 4.09. The van der Waals surface area contributed by atoms with Gasteiger partial charge in [0.05, 0.1) is 0 Å². The zero-order chi connectivity index (χ0) is 21.3. The molecule has 2 heterocycles. The van der Waals surface area contributed by atoms with E-state index in [9.17, 15) is 9.59 Å². The van der Waals surface area contributed by atoms with Crippen molar-refractivity contribution >= 4 is 29.3 Å². The summed E-state index contributed by atoms with van der Waals surface area (Å²) in [4.78, 5) is 25.9. The van der Waals surface area contributed by atoms with Crippen molar-refractivity contribution in [3.8, 4) is 5.69 Å². The number of carbonyl (C=O) groups is 2. The Morgan fingerprint density at radius 2 is 1.80 bits per heavy atom. The average molecular weight is 399 g/mol. The zero-order valence-corrected chi connectivity index (χ0v) is 17.5. The van der Waals surface area contributed by atoms with Crippen LogP contribution >= 0.6 is 0 Å². The molecule has 0 atom stereocenters. The van der Waals surface area contributed by atoms with Gasteiger partial charge in [0.25, 0.3) is 0 Å². The Labute approximate surface area is 176 Å². The van der Waals surface area contributed by atoms with Gasteiger partial charge in [-0.1, -0.05) is 18.2 Å². The van der Waals surface area contributed by atoms with Crippen LogP contribution in [0.15, 0.2) is 60.7 Å². The molecule has 0 spiro atoms. The molecule has 1 aromatic heterocycles. The van der Waals surface area contributed by atoms with Crippen molar-refractivity contribution in [1.82, 2.24) is 4.57 Å². The monoisotopic (exact) mass is 399 g/mol. The minimum absolute atomic E-state index is 0.0431. The molecule has 0 aliphatic carbocycles. The first-order valence-corrected chi connectivity index (χ1v) is 10.1. The maximum absolute atomic E-state index is 12.5. The lowest BCUT2D eigenvalue weighted by atomic mass is 10.1. The number of anilines is 2. The van der Waals surface area contributed by atoms with Gasteiger partial charge in [-0.25, -0.2) is 0 Å². The van der Waals surface area contributed by atoms with Crippen LogP contribution in [0.3, 0.4) is 0 Å². The molecule has 2 amide bonds. The van der Waals surface area contributed by atoms with Gasteiger partial charge >= 0.3 is 0 Å². The zero-order valence-electron chi connectivity index (χ0n) is 17.5.